The molecule has 0 fully saturated rings. The summed E-state index contributed by atoms with van der Waals surface area (Å²) in [5.41, 5.74) is 7.55. The summed E-state index contributed by atoms with van der Waals surface area (Å²) in [6, 6.07) is 63.0. The average Bonchev–Trinajstić information content (AvgIpc) is 3.73. The van der Waals surface area contributed by atoms with Gasteiger partial charge in [-0.1, -0.05) is 140 Å². The minimum absolute atomic E-state index is 1.23. The monoisotopic (exact) mass is 668 g/mol. The van der Waals surface area contributed by atoms with E-state index >= 15 is 0 Å². The molecule has 0 aliphatic carbocycles. The zero-order chi connectivity index (χ0) is 32.8. The first-order valence-electron chi connectivity index (χ1n) is 17.1. The molecule has 0 atom stereocenters. The first-order valence-corrected chi connectivity index (χ1v) is 18.7. The van der Waals surface area contributed by atoms with Gasteiger partial charge in [0.25, 0.3) is 0 Å². The average molecular weight is 669 g/mol. The van der Waals surface area contributed by atoms with Crippen LogP contribution >= 0.6 is 22.7 Å². The molecule has 232 valence electrons. The Labute approximate surface area is 297 Å². The zero-order valence-corrected chi connectivity index (χ0v) is 28.6. The van der Waals surface area contributed by atoms with Crippen molar-refractivity contribution in [2.75, 3.05) is 0 Å². The molecule has 11 rings (SSSR count). The maximum Gasteiger partial charge on any atom is 0.0434 e. The van der Waals surface area contributed by atoms with E-state index in [1.165, 1.54) is 106 Å². The number of fused-ring (bicyclic) bond motifs is 10. The van der Waals surface area contributed by atoms with Crippen LogP contribution in [0.1, 0.15) is 0 Å². The van der Waals surface area contributed by atoms with Gasteiger partial charge in [-0.3, -0.25) is 0 Å². The lowest BCUT2D eigenvalue weighted by molar-refractivity contribution is 1.63. The highest BCUT2D eigenvalue weighted by atomic mass is 32.1. The molecule has 0 radical (unpaired) electrons. The highest BCUT2D eigenvalue weighted by Gasteiger charge is 2.17. The van der Waals surface area contributed by atoms with E-state index in [2.05, 4.69) is 170 Å². The molecular weight excluding hydrogens is 641 g/mol. The van der Waals surface area contributed by atoms with Crippen LogP contribution in [0.2, 0.25) is 0 Å². The molecule has 0 amide bonds. The van der Waals surface area contributed by atoms with Crippen LogP contribution in [0.5, 0.6) is 0 Å². The SMILES string of the molecule is c1ccc(-c2c3ccccc3c(-c3cccc(-c4ccc5ccc6c7cc8c(cc7sc6c5c4)sc4ccccc48)c3)c3ccccc23)cc1. The van der Waals surface area contributed by atoms with Gasteiger partial charge in [-0.2, -0.15) is 0 Å². The van der Waals surface area contributed by atoms with E-state index in [1.807, 2.05) is 22.7 Å². The van der Waals surface area contributed by atoms with Crippen LogP contribution in [0.4, 0.5) is 0 Å². The third kappa shape index (κ3) is 4.16. The Morgan fingerprint density at radius 2 is 0.820 bits per heavy atom. The van der Waals surface area contributed by atoms with E-state index < -0.39 is 0 Å². The fraction of sp³-hybridized carbons (Fsp3) is 0. The molecule has 2 aromatic heterocycles. The normalized spacial score (nSPS) is 12.0. The molecule has 0 saturated heterocycles. The largest absolute Gasteiger partial charge is 0.135 e. The summed E-state index contributed by atoms with van der Waals surface area (Å²) in [4.78, 5) is 0. The number of hydrogen-bond acceptors (Lipinski definition) is 2. The Morgan fingerprint density at radius 3 is 1.58 bits per heavy atom. The molecule has 0 aliphatic rings. The molecule has 0 unspecified atom stereocenters. The Hall–Kier alpha value is -5.80. The standard InChI is InChI=1S/C48H28S2/c1-2-11-30(12-3-1)46-35-16-4-6-18-37(35)47(38-19-7-5-17-36(38)46)33-14-10-13-31(25-33)32-22-21-29-23-24-39-42-27-41-34-15-8-9-20-43(34)49-44(41)28-45(42)50-48(39)40(29)26-32/h1-28H. The van der Waals surface area contributed by atoms with E-state index in [0.717, 1.165) is 0 Å². The molecular formula is C48H28S2. The highest BCUT2D eigenvalue weighted by Crippen LogP contribution is 2.46. The van der Waals surface area contributed by atoms with Crippen molar-refractivity contribution in [2.24, 2.45) is 0 Å². The van der Waals surface area contributed by atoms with Crippen molar-refractivity contribution in [3.8, 4) is 33.4 Å². The molecule has 50 heavy (non-hydrogen) atoms. The summed E-state index contributed by atoms with van der Waals surface area (Å²) in [6.45, 7) is 0. The topological polar surface area (TPSA) is 0 Å². The van der Waals surface area contributed by atoms with Gasteiger partial charge in [0.2, 0.25) is 0 Å². The van der Waals surface area contributed by atoms with Crippen molar-refractivity contribution >= 4 is 95.3 Å². The van der Waals surface area contributed by atoms with Crippen molar-refractivity contribution in [1.29, 1.82) is 0 Å². The Morgan fingerprint density at radius 1 is 0.260 bits per heavy atom. The minimum Gasteiger partial charge on any atom is -0.135 e. The van der Waals surface area contributed by atoms with Crippen molar-refractivity contribution in [3.05, 3.63) is 170 Å². The molecule has 2 heteroatoms. The van der Waals surface area contributed by atoms with Crippen LogP contribution < -0.4 is 0 Å². The van der Waals surface area contributed by atoms with Gasteiger partial charge >= 0.3 is 0 Å². The Bertz CT molecular complexity index is 3080. The zero-order valence-electron chi connectivity index (χ0n) is 27.0. The third-order valence-corrected chi connectivity index (χ3v) is 12.8. The quantitative estimate of drug-likeness (QED) is 0.164. The Balaban J connectivity index is 1.10. The first-order chi connectivity index (χ1) is 24.8. The lowest BCUT2D eigenvalue weighted by atomic mass is 9.85. The maximum atomic E-state index is 2.43. The van der Waals surface area contributed by atoms with Gasteiger partial charge in [-0.15, -0.1) is 22.7 Å². The molecule has 0 spiro atoms. The highest BCUT2D eigenvalue weighted by molar-refractivity contribution is 7.28. The van der Waals surface area contributed by atoms with E-state index in [9.17, 15) is 0 Å². The summed E-state index contributed by atoms with van der Waals surface area (Å²) in [6.07, 6.45) is 0. The smallest absolute Gasteiger partial charge is 0.0434 e. The van der Waals surface area contributed by atoms with E-state index in [0.29, 0.717) is 0 Å². The lowest BCUT2D eigenvalue weighted by Crippen LogP contribution is -1.91. The lowest BCUT2D eigenvalue weighted by Gasteiger charge is -2.18. The van der Waals surface area contributed by atoms with Gasteiger partial charge in [0, 0.05) is 45.7 Å². The first kappa shape index (κ1) is 28.1. The molecule has 11 aromatic rings. The van der Waals surface area contributed by atoms with E-state index in [1.54, 1.807) is 0 Å². The summed E-state index contributed by atoms with van der Waals surface area (Å²) < 4.78 is 5.45. The summed E-state index contributed by atoms with van der Waals surface area (Å²) in [5, 5.41) is 13.1. The third-order valence-electron chi connectivity index (χ3n) is 10.4. The summed E-state index contributed by atoms with van der Waals surface area (Å²) >= 11 is 3.83. The molecule has 0 bridgehead atoms. The van der Waals surface area contributed by atoms with Crippen LogP contribution in [-0.2, 0) is 0 Å². The van der Waals surface area contributed by atoms with Gasteiger partial charge in [0.05, 0.1) is 0 Å². The van der Waals surface area contributed by atoms with E-state index in [4.69, 9.17) is 0 Å². The molecule has 0 nitrogen and oxygen atoms in total. The van der Waals surface area contributed by atoms with Crippen LogP contribution in [0.15, 0.2) is 170 Å². The number of hydrogen-bond donors (Lipinski definition) is 0. The fourth-order valence-electron chi connectivity index (χ4n) is 8.16. The second-order valence-corrected chi connectivity index (χ2v) is 15.3. The van der Waals surface area contributed by atoms with Crippen molar-refractivity contribution in [1.82, 2.24) is 0 Å². The van der Waals surface area contributed by atoms with Gasteiger partial charge in [0.15, 0.2) is 0 Å². The number of benzene rings is 9. The van der Waals surface area contributed by atoms with Gasteiger partial charge < -0.3 is 0 Å². The number of thiophene rings is 2. The molecule has 0 saturated carbocycles. The van der Waals surface area contributed by atoms with Crippen molar-refractivity contribution in [2.45, 2.75) is 0 Å². The number of rotatable bonds is 3. The summed E-state index contributed by atoms with van der Waals surface area (Å²) in [5.74, 6) is 0. The minimum atomic E-state index is 1.23. The van der Waals surface area contributed by atoms with Gasteiger partial charge in [-0.25, -0.2) is 0 Å². The van der Waals surface area contributed by atoms with Crippen LogP contribution in [0.25, 0.3) is 106 Å². The molecule has 2 heterocycles. The molecule has 9 aromatic carbocycles. The second-order valence-electron chi connectivity index (χ2n) is 13.2. The van der Waals surface area contributed by atoms with Crippen LogP contribution in [0, 0.1) is 0 Å². The van der Waals surface area contributed by atoms with Crippen molar-refractivity contribution in [3.63, 3.8) is 0 Å². The second kappa shape index (κ2) is 10.9. The summed E-state index contributed by atoms with van der Waals surface area (Å²) in [7, 11) is 0. The van der Waals surface area contributed by atoms with Crippen LogP contribution in [0.3, 0.4) is 0 Å². The predicted molar refractivity (Wildman–Crippen MR) is 221 cm³/mol. The van der Waals surface area contributed by atoms with Gasteiger partial charge in [-0.05, 0) is 90.6 Å². The molecule has 0 N–H and O–H groups in total. The molecule has 0 aliphatic heterocycles. The van der Waals surface area contributed by atoms with E-state index in [-0.39, 0.29) is 0 Å². The Kier molecular flexibility index (Phi) is 6.09. The predicted octanol–water partition coefficient (Wildman–Crippen LogP) is 14.9. The van der Waals surface area contributed by atoms with Gasteiger partial charge in [0.1, 0.15) is 0 Å². The van der Waals surface area contributed by atoms with Crippen molar-refractivity contribution < 1.29 is 0 Å². The fourth-order valence-corrected chi connectivity index (χ4v) is 10.6. The van der Waals surface area contributed by atoms with Crippen LogP contribution in [-0.4, -0.2) is 0 Å². The maximum absolute atomic E-state index is 2.43.